The van der Waals surface area contributed by atoms with Gasteiger partial charge in [0, 0.05) is 25.4 Å². The lowest BCUT2D eigenvalue weighted by atomic mass is 10.3. The van der Waals surface area contributed by atoms with Gasteiger partial charge in [0.25, 0.3) is 0 Å². The molecule has 0 saturated heterocycles. The Morgan fingerprint density at radius 1 is 1.50 bits per heavy atom. The third-order valence-corrected chi connectivity index (χ3v) is 2.06. The Bertz CT molecular complexity index is 288. The van der Waals surface area contributed by atoms with Gasteiger partial charge in [0.2, 0.25) is 0 Å². The van der Waals surface area contributed by atoms with Crippen molar-refractivity contribution in [1.29, 1.82) is 0 Å². The Labute approximate surface area is 84.6 Å². The van der Waals surface area contributed by atoms with Crippen molar-refractivity contribution in [1.82, 2.24) is 9.97 Å². The van der Waals surface area contributed by atoms with Crippen molar-refractivity contribution in [3.05, 3.63) is 18.1 Å². The first-order valence-corrected chi connectivity index (χ1v) is 4.77. The van der Waals surface area contributed by atoms with Crippen molar-refractivity contribution in [2.45, 2.75) is 26.4 Å². The van der Waals surface area contributed by atoms with Crippen LogP contribution in [-0.2, 0) is 0 Å². The summed E-state index contributed by atoms with van der Waals surface area (Å²) in [6, 6.07) is 1.93. The quantitative estimate of drug-likeness (QED) is 0.778. The van der Waals surface area contributed by atoms with Gasteiger partial charge in [-0.05, 0) is 20.3 Å². The summed E-state index contributed by atoms with van der Waals surface area (Å²) in [5.74, 6) is 0.901. The van der Waals surface area contributed by atoms with Gasteiger partial charge in [-0.15, -0.1) is 0 Å². The van der Waals surface area contributed by atoms with Crippen LogP contribution in [0.5, 0.6) is 0 Å². The van der Waals surface area contributed by atoms with E-state index in [1.54, 1.807) is 13.3 Å². The van der Waals surface area contributed by atoms with Gasteiger partial charge in [-0.1, -0.05) is 0 Å². The normalized spacial score (nSPS) is 12.6. The Kier molecular flexibility index (Phi) is 3.83. The number of nitrogens with zero attached hydrogens (tertiary/aromatic N) is 3. The number of hydrogen-bond donors (Lipinski definition) is 1. The molecular formula is C10H17N3O. The van der Waals surface area contributed by atoms with Crippen molar-refractivity contribution < 1.29 is 5.11 Å². The molecule has 1 heterocycles. The average Bonchev–Trinajstić information content (AvgIpc) is 2.14. The number of anilines is 1. The van der Waals surface area contributed by atoms with Crippen LogP contribution < -0.4 is 4.90 Å². The molecule has 0 aliphatic rings. The van der Waals surface area contributed by atoms with Crippen LogP contribution in [0.3, 0.4) is 0 Å². The molecule has 0 spiro atoms. The lowest BCUT2D eigenvalue weighted by molar-refractivity contribution is 0.187. The number of aliphatic hydroxyl groups is 1. The van der Waals surface area contributed by atoms with Gasteiger partial charge in [-0.3, -0.25) is 0 Å². The molecule has 0 aromatic carbocycles. The molecule has 1 aromatic heterocycles. The van der Waals surface area contributed by atoms with E-state index in [1.165, 1.54) is 0 Å². The van der Waals surface area contributed by atoms with E-state index in [0.717, 1.165) is 24.5 Å². The molecule has 0 aliphatic heterocycles. The van der Waals surface area contributed by atoms with Crippen LogP contribution in [0.2, 0.25) is 0 Å². The summed E-state index contributed by atoms with van der Waals surface area (Å²) in [6.45, 7) is 4.53. The van der Waals surface area contributed by atoms with Gasteiger partial charge in [0.1, 0.15) is 12.1 Å². The fourth-order valence-electron chi connectivity index (χ4n) is 1.14. The zero-order valence-electron chi connectivity index (χ0n) is 8.94. The monoisotopic (exact) mass is 195 g/mol. The molecule has 4 heteroatoms. The second-order valence-electron chi connectivity index (χ2n) is 3.58. The average molecular weight is 195 g/mol. The summed E-state index contributed by atoms with van der Waals surface area (Å²) < 4.78 is 0. The van der Waals surface area contributed by atoms with Crippen molar-refractivity contribution in [2.24, 2.45) is 0 Å². The van der Waals surface area contributed by atoms with E-state index in [-0.39, 0.29) is 6.10 Å². The summed E-state index contributed by atoms with van der Waals surface area (Å²) in [7, 11) is 1.96. The number of hydrogen-bond acceptors (Lipinski definition) is 4. The Hall–Kier alpha value is -1.16. The van der Waals surface area contributed by atoms with Crippen LogP contribution in [-0.4, -0.2) is 34.8 Å². The maximum Gasteiger partial charge on any atom is 0.131 e. The number of aromatic nitrogens is 2. The molecule has 78 valence electrons. The molecule has 0 amide bonds. The highest BCUT2D eigenvalue weighted by Crippen LogP contribution is 2.09. The zero-order valence-corrected chi connectivity index (χ0v) is 8.94. The van der Waals surface area contributed by atoms with E-state index in [1.807, 2.05) is 24.9 Å². The summed E-state index contributed by atoms with van der Waals surface area (Å²) in [5.41, 5.74) is 0.957. The predicted octanol–water partition coefficient (Wildman–Crippen LogP) is 0.992. The van der Waals surface area contributed by atoms with Gasteiger partial charge >= 0.3 is 0 Å². The second-order valence-corrected chi connectivity index (χ2v) is 3.58. The highest BCUT2D eigenvalue weighted by atomic mass is 16.3. The minimum absolute atomic E-state index is 0.264. The number of rotatable bonds is 4. The van der Waals surface area contributed by atoms with Crippen molar-refractivity contribution in [3.63, 3.8) is 0 Å². The molecule has 14 heavy (non-hydrogen) atoms. The topological polar surface area (TPSA) is 49.2 Å². The molecule has 0 bridgehead atoms. The van der Waals surface area contributed by atoms with E-state index < -0.39 is 0 Å². The van der Waals surface area contributed by atoms with Crippen LogP contribution in [0.1, 0.15) is 19.0 Å². The van der Waals surface area contributed by atoms with Crippen LogP contribution in [0, 0.1) is 6.92 Å². The van der Waals surface area contributed by atoms with Crippen LogP contribution in [0.25, 0.3) is 0 Å². The third-order valence-electron chi connectivity index (χ3n) is 2.06. The van der Waals surface area contributed by atoms with Gasteiger partial charge in [-0.2, -0.15) is 0 Å². The molecule has 0 aliphatic carbocycles. The fraction of sp³-hybridized carbons (Fsp3) is 0.600. The lowest BCUT2D eigenvalue weighted by Gasteiger charge is -2.18. The Morgan fingerprint density at radius 2 is 2.21 bits per heavy atom. The Morgan fingerprint density at radius 3 is 2.79 bits per heavy atom. The number of aliphatic hydroxyl groups excluding tert-OH is 1. The highest BCUT2D eigenvalue weighted by Gasteiger charge is 2.04. The van der Waals surface area contributed by atoms with Gasteiger partial charge < -0.3 is 10.0 Å². The lowest BCUT2D eigenvalue weighted by Crippen LogP contribution is -2.22. The molecular weight excluding hydrogens is 178 g/mol. The summed E-state index contributed by atoms with van der Waals surface area (Å²) >= 11 is 0. The molecule has 1 rings (SSSR count). The van der Waals surface area contributed by atoms with E-state index in [9.17, 15) is 0 Å². The van der Waals surface area contributed by atoms with Crippen LogP contribution in [0.4, 0.5) is 5.82 Å². The van der Waals surface area contributed by atoms with Gasteiger partial charge in [-0.25, -0.2) is 9.97 Å². The van der Waals surface area contributed by atoms with E-state index >= 15 is 0 Å². The minimum Gasteiger partial charge on any atom is -0.393 e. The highest BCUT2D eigenvalue weighted by molar-refractivity contribution is 5.37. The molecule has 1 aromatic rings. The first-order chi connectivity index (χ1) is 6.59. The first-order valence-electron chi connectivity index (χ1n) is 4.77. The SMILES string of the molecule is Cc1cc(N(C)CCC(C)O)ncn1. The molecule has 0 saturated carbocycles. The maximum absolute atomic E-state index is 9.14. The maximum atomic E-state index is 9.14. The zero-order chi connectivity index (χ0) is 10.6. The summed E-state index contributed by atoms with van der Waals surface area (Å²) in [4.78, 5) is 10.2. The van der Waals surface area contributed by atoms with E-state index in [4.69, 9.17) is 5.11 Å². The minimum atomic E-state index is -0.264. The van der Waals surface area contributed by atoms with Crippen molar-refractivity contribution in [2.75, 3.05) is 18.5 Å². The van der Waals surface area contributed by atoms with Gasteiger partial charge in [0.15, 0.2) is 0 Å². The molecule has 1 N–H and O–H groups in total. The summed E-state index contributed by atoms with van der Waals surface area (Å²) in [6.07, 6.45) is 2.05. The predicted molar refractivity (Wildman–Crippen MR) is 56.3 cm³/mol. The number of aryl methyl sites for hydroxylation is 1. The Balaban J connectivity index is 2.56. The van der Waals surface area contributed by atoms with E-state index in [2.05, 4.69) is 9.97 Å². The molecule has 0 radical (unpaired) electrons. The van der Waals surface area contributed by atoms with Crippen molar-refractivity contribution >= 4 is 5.82 Å². The third kappa shape index (κ3) is 3.30. The molecule has 1 atom stereocenters. The molecule has 0 fully saturated rings. The second kappa shape index (κ2) is 4.91. The van der Waals surface area contributed by atoms with Gasteiger partial charge in [0.05, 0.1) is 6.10 Å². The van der Waals surface area contributed by atoms with Crippen LogP contribution >= 0.6 is 0 Å². The standard InChI is InChI=1S/C10H17N3O/c1-8-6-10(12-7-11-8)13(3)5-4-9(2)14/h6-7,9,14H,4-5H2,1-3H3. The first kappa shape index (κ1) is 10.9. The fourth-order valence-corrected chi connectivity index (χ4v) is 1.14. The van der Waals surface area contributed by atoms with E-state index in [0.29, 0.717) is 0 Å². The smallest absolute Gasteiger partial charge is 0.131 e. The molecule has 4 nitrogen and oxygen atoms in total. The van der Waals surface area contributed by atoms with Crippen LogP contribution in [0.15, 0.2) is 12.4 Å². The van der Waals surface area contributed by atoms with Crippen molar-refractivity contribution in [3.8, 4) is 0 Å². The molecule has 1 unspecified atom stereocenters. The summed E-state index contributed by atoms with van der Waals surface area (Å²) in [5, 5.41) is 9.14. The largest absolute Gasteiger partial charge is 0.393 e.